The van der Waals surface area contributed by atoms with Crippen LogP contribution >= 0.6 is 11.3 Å². The molecule has 5 nitrogen and oxygen atoms in total. The maximum absolute atomic E-state index is 4.41. The number of aromatic nitrogens is 3. The van der Waals surface area contributed by atoms with Crippen molar-refractivity contribution < 1.29 is 0 Å². The van der Waals surface area contributed by atoms with Crippen molar-refractivity contribution >= 4 is 23.0 Å². The molecule has 0 unspecified atom stereocenters. The molecule has 0 aliphatic carbocycles. The zero-order valence-electron chi connectivity index (χ0n) is 10.8. The Bertz CT molecular complexity index is 523. The number of nitrogens with one attached hydrogen (secondary N) is 2. The third-order valence-electron chi connectivity index (χ3n) is 2.53. The van der Waals surface area contributed by atoms with E-state index in [0.717, 1.165) is 34.4 Å². The summed E-state index contributed by atoms with van der Waals surface area (Å²) in [6.45, 7) is 7.60. The Morgan fingerprint density at radius 1 is 1.17 bits per heavy atom. The molecule has 18 heavy (non-hydrogen) atoms. The van der Waals surface area contributed by atoms with E-state index in [4.69, 9.17) is 0 Å². The van der Waals surface area contributed by atoms with E-state index in [9.17, 15) is 0 Å². The molecule has 0 saturated carbocycles. The fourth-order valence-corrected chi connectivity index (χ4v) is 2.25. The quantitative estimate of drug-likeness (QED) is 0.868. The monoisotopic (exact) mass is 263 g/mol. The van der Waals surface area contributed by atoms with Gasteiger partial charge < -0.3 is 10.6 Å². The molecule has 0 bridgehead atoms. The number of aryl methyl sites for hydroxylation is 1. The molecule has 0 aromatic carbocycles. The number of hydrogen-bond acceptors (Lipinski definition) is 6. The molecule has 0 saturated heterocycles. The molecule has 0 amide bonds. The molecule has 2 aromatic rings. The van der Waals surface area contributed by atoms with Crippen LogP contribution in [0.3, 0.4) is 0 Å². The standard InChI is InChI=1S/C12H17N5S/c1-4-13-11-8(2)12(16-7-15-11)14-5-10-6-18-9(3)17-10/h6-7H,4-5H2,1-3H3,(H2,13,14,15,16). The predicted molar refractivity (Wildman–Crippen MR) is 75.1 cm³/mol. The molecule has 0 aliphatic rings. The van der Waals surface area contributed by atoms with Gasteiger partial charge in [-0.25, -0.2) is 15.0 Å². The van der Waals surface area contributed by atoms with Crippen molar-refractivity contribution in [3.05, 3.63) is 28.0 Å². The van der Waals surface area contributed by atoms with Gasteiger partial charge in [-0.1, -0.05) is 0 Å². The molecule has 2 rings (SSSR count). The van der Waals surface area contributed by atoms with E-state index in [1.54, 1.807) is 17.7 Å². The van der Waals surface area contributed by atoms with Crippen molar-refractivity contribution in [3.63, 3.8) is 0 Å². The number of nitrogens with zero attached hydrogens (tertiary/aromatic N) is 3. The van der Waals surface area contributed by atoms with Gasteiger partial charge in [0.15, 0.2) is 0 Å². The largest absolute Gasteiger partial charge is 0.370 e. The average Bonchev–Trinajstić information content (AvgIpc) is 2.77. The van der Waals surface area contributed by atoms with Crippen LogP contribution in [0, 0.1) is 13.8 Å². The topological polar surface area (TPSA) is 62.7 Å². The minimum absolute atomic E-state index is 0.688. The molecule has 0 fully saturated rings. The second-order valence-corrected chi connectivity index (χ2v) is 5.00. The van der Waals surface area contributed by atoms with Crippen LogP contribution in [-0.4, -0.2) is 21.5 Å². The molecular formula is C12H17N5S. The van der Waals surface area contributed by atoms with Gasteiger partial charge in [-0.3, -0.25) is 0 Å². The third-order valence-corrected chi connectivity index (χ3v) is 3.35. The summed E-state index contributed by atoms with van der Waals surface area (Å²) in [6.07, 6.45) is 1.57. The van der Waals surface area contributed by atoms with Gasteiger partial charge in [0, 0.05) is 17.5 Å². The van der Waals surface area contributed by atoms with Crippen molar-refractivity contribution in [3.8, 4) is 0 Å². The maximum Gasteiger partial charge on any atom is 0.134 e. The summed E-state index contributed by atoms with van der Waals surface area (Å²) < 4.78 is 0. The SMILES string of the molecule is CCNc1ncnc(NCc2csc(C)n2)c1C. The molecule has 2 aromatic heterocycles. The number of anilines is 2. The summed E-state index contributed by atoms with van der Waals surface area (Å²) in [5, 5.41) is 9.65. The smallest absolute Gasteiger partial charge is 0.134 e. The van der Waals surface area contributed by atoms with Crippen LogP contribution in [-0.2, 0) is 6.54 Å². The van der Waals surface area contributed by atoms with E-state index >= 15 is 0 Å². The van der Waals surface area contributed by atoms with E-state index in [2.05, 4.69) is 31.0 Å². The number of thiazole rings is 1. The molecule has 2 heterocycles. The van der Waals surface area contributed by atoms with Crippen LogP contribution in [0.5, 0.6) is 0 Å². The Hall–Kier alpha value is -1.69. The van der Waals surface area contributed by atoms with Crippen molar-refractivity contribution in [2.75, 3.05) is 17.2 Å². The highest BCUT2D eigenvalue weighted by atomic mass is 32.1. The lowest BCUT2D eigenvalue weighted by Gasteiger charge is -2.11. The highest BCUT2D eigenvalue weighted by Crippen LogP contribution is 2.18. The van der Waals surface area contributed by atoms with E-state index in [-0.39, 0.29) is 0 Å². The Labute approximate surface area is 111 Å². The summed E-state index contributed by atoms with van der Waals surface area (Å²) in [6, 6.07) is 0. The van der Waals surface area contributed by atoms with Crippen molar-refractivity contribution in [2.24, 2.45) is 0 Å². The summed E-state index contributed by atoms with van der Waals surface area (Å²) in [4.78, 5) is 12.9. The Balaban J connectivity index is 2.07. The first-order valence-electron chi connectivity index (χ1n) is 5.91. The predicted octanol–water partition coefficient (Wildman–Crippen LogP) is 2.59. The van der Waals surface area contributed by atoms with Crippen LogP contribution in [0.15, 0.2) is 11.7 Å². The van der Waals surface area contributed by atoms with E-state index < -0.39 is 0 Å². The summed E-state index contributed by atoms with van der Waals surface area (Å²) in [7, 11) is 0. The van der Waals surface area contributed by atoms with E-state index in [1.165, 1.54) is 0 Å². The van der Waals surface area contributed by atoms with Gasteiger partial charge in [0.2, 0.25) is 0 Å². The number of rotatable bonds is 5. The highest BCUT2D eigenvalue weighted by Gasteiger charge is 2.06. The molecular weight excluding hydrogens is 246 g/mol. The van der Waals surface area contributed by atoms with Crippen molar-refractivity contribution in [2.45, 2.75) is 27.3 Å². The van der Waals surface area contributed by atoms with Gasteiger partial charge in [-0.2, -0.15) is 0 Å². The average molecular weight is 263 g/mol. The first kappa shape index (κ1) is 12.8. The molecule has 2 N–H and O–H groups in total. The number of hydrogen-bond donors (Lipinski definition) is 2. The minimum atomic E-state index is 0.688. The lowest BCUT2D eigenvalue weighted by molar-refractivity contribution is 1.01. The summed E-state index contributed by atoms with van der Waals surface area (Å²) >= 11 is 1.66. The van der Waals surface area contributed by atoms with Crippen LogP contribution in [0.1, 0.15) is 23.2 Å². The second-order valence-electron chi connectivity index (χ2n) is 3.94. The molecule has 0 atom stereocenters. The van der Waals surface area contributed by atoms with Gasteiger partial charge in [0.1, 0.15) is 18.0 Å². The molecule has 0 aliphatic heterocycles. The van der Waals surface area contributed by atoms with Crippen molar-refractivity contribution in [1.29, 1.82) is 0 Å². The molecule has 6 heteroatoms. The molecule has 96 valence electrons. The fraction of sp³-hybridized carbons (Fsp3) is 0.417. The Kier molecular flexibility index (Phi) is 4.09. The maximum atomic E-state index is 4.41. The molecule has 0 spiro atoms. The summed E-state index contributed by atoms with van der Waals surface area (Å²) in [5.74, 6) is 1.73. The van der Waals surface area contributed by atoms with E-state index in [1.807, 2.05) is 20.8 Å². The zero-order valence-corrected chi connectivity index (χ0v) is 11.6. The minimum Gasteiger partial charge on any atom is -0.370 e. The van der Waals surface area contributed by atoms with Gasteiger partial charge in [-0.05, 0) is 20.8 Å². The Morgan fingerprint density at radius 2 is 1.89 bits per heavy atom. The van der Waals surface area contributed by atoms with Gasteiger partial charge in [-0.15, -0.1) is 11.3 Å². The van der Waals surface area contributed by atoms with Gasteiger partial charge >= 0.3 is 0 Å². The van der Waals surface area contributed by atoms with E-state index in [0.29, 0.717) is 6.54 Å². The van der Waals surface area contributed by atoms with Crippen LogP contribution in [0.4, 0.5) is 11.6 Å². The lowest BCUT2D eigenvalue weighted by atomic mass is 10.3. The Morgan fingerprint density at radius 3 is 2.50 bits per heavy atom. The highest BCUT2D eigenvalue weighted by molar-refractivity contribution is 7.09. The summed E-state index contributed by atoms with van der Waals surface area (Å²) in [5.41, 5.74) is 2.08. The van der Waals surface area contributed by atoms with Gasteiger partial charge in [0.25, 0.3) is 0 Å². The second kappa shape index (κ2) is 5.77. The van der Waals surface area contributed by atoms with Gasteiger partial charge in [0.05, 0.1) is 17.2 Å². The fourth-order valence-electron chi connectivity index (χ4n) is 1.64. The first-order valence-corrected chi connectivity index (χ1v) is 6.79. The normalized spacial score (nSPS) is 10.4. The third kappa shape index (κ3) is 2.95. The van der Waals surface area contributed by atoms with Crippen LogP contribution < -0.4 is 10.6 Å². The van der Waals surface area contributed by atoms with Crippen molar-refractivity contribution in [1.82, 2.24) is 15.0 Å². The van der Waals surface area contributed by atoms with Crippen LogP contribution in [0.25, 0.3) is 0 Å². The zero-order chi connectivity index (χ0) is 13.0. The lowest BCUT2D eigenvalue weighted by Crippen LogP contribution is -2.08. The molecule has 0 radical (unpaired) electrons. The van der Waals surface area contributed by atoms with Crippen LogP contribution in [0.2, 0.25) is 0 Å². The first-order chi connectivity index (χ1) is 8.70.